The number of aromatic nitrogens is 3. The molecule has 2 aromatic rings. The monoisotopic (exact) mass is 276 g/mol. The predicted molar refractivity (Wildman–Crippen MR) is 74.7 cm³/mol. The summed E-state index contributed by atoms with van der Waals surface area (Å²) >= 11 is 1.55. The van der Waals surface area contributed by atoms with Gasteiger partial charge in [0, 0.05) is 5.75 Å². The summed E-state index contributed by atoms with van der Waals surface area (Å²) in [4.78, 5) is 11.0. The number of rotatable bonds is 5. The van der Waals surface area contributed by atoms with Crippen LogP contribution < -0.4 is 5.73 Å². The van der Waals surface area contributed by atoms with Gasteiger partial charge in [-0.05, 0) is 19.4 Å². The van der Waals surface area contributed by atoms with E-state index in [2.05, 4.69) is 41.4 Å². The first kappa shape index (κ1) is 13.6. The molecular formula is C13H16N4OS. The van der Waals surface area contributed by atoms with Crippen LogP contribution >= 0.6 is 11.8 Å². The van der Waals surface area contributed by atoms with Gasteiger partial charge in [-0.25, -0.2) is 0 Å². The van der Waals surface area contributed by atoms with Crippen molar-refractivity contribution in [3.05, 3.63) is 41.2 Å². The Hall–Kier alpha value is -1.82. The van der Waals surface area contributed by atoms with Gasteiger partial charge >= 0.3 is 0 Å². The lowest BCUT2D eigenvalue weighted by Crippen LogP contribution is -2.20. The van der Waals surface area contributed by atoms with Gasteiger partial charge in [-0.2, -0.15) is 0 Å². The van der Waals surface area contributed by atoms with Gasteiger partial charge in [-0.3, -0.25) is 9.36 Å². The third-order valence-corrected chi connectivity index (χ3v) is 3.74. The molecule has 0 aliphatic heterocycles. The Kier molecular flexibility index (Phi) is 4.21. The van der Waals surface area contributed by atoms with E-state index in [1.807, 2.05) is 6.92 Å². The maximum atomic E-state index is 11.0. The van der Waals surface area contributed by atoms with E-state index in [4.69, 9.17) is 5.73 Å². The minimum absolute atomic E-state index is 0.120. The Bertz CT molecular complexity index is 577. The second-order valence-electron chi connectivity index (χ2n) is 4.36. The molecule has 0 fully saturated rings. The number of carbonyl (C=O) groups excluding carboxylic acids is 1. The first-order chi connectivity index (χ1) is 9.06. The van der Waals surface area contributed by atoms with E-state index in [9.17, 15) is 4.79 Å². The van der Waals surface area contributed by atoms with Crippen LogP contribution in [0.3, 0.4) is 0 Å². The van der Waals surface area contributed by atoms with Crippen molar-refractivity contribution in [1.29, 1.82) is 0 Å². The zero-order chi connectivity index (χ0) is 13.8. The zero-order valence-corrected chi connectivity index (χ0v) is 11.8. The lowest BCUT2D eigenvalue weighted by atomic mass is 10.2. The van der Waals surface area contributed by atoms with Crippen LogP contribution in [-0.2, 0) is 17.1 Å². The number of thioether (sulfide) groups is 1. The van der Waals surface area contributed by atoms with Crippen molar-refractivity contribution in [3.8, 4) is 0 Å². The first-order valence-electron chi connectivity index (χ1n) is 5.92. The molecule has 0 saturated carbocycles. The van der Waals surface area contributed by atoms with Gasteiger partial charge in [0.25, 0.3) is 0 Å². The van der Waals surface area contributed by atoms with Crippen LogP contribution in [0.5, 0.6) is 0 Å². The number of hydrogen-bond acceptors (Lipinski definition) is 4. The maximum Gasteiger partial charge on any atom is 0.237 e. The molecule has 1 amide bonds. The molecule has 6 heteroatoms. The van der Waals surface area contributed by atoms with Crippen molar-refractivity contribution in [2.24, 2.45) is 5.73 Å². The molecule has 0 aliphatic rings. The van der Waals surface area contributed by atoms with E-state index in [0.717, 1.165) is 10.9 Å². The second kappa shape index (κ2) is 5.88. The van der Waals surface area contributed by atoms with Crippen LogP contribution in [0.4, 0.5) is 0 Å². The molecular weight excluding hydrogens is 260 g/mol. The Morgan fingerprint density at radius 1 is 1.26 bits per heavy atom. The van der Waals surface area contributed by atoms with Gasteiger partial charge < -0.3 is 5.73 Å². The average Bonchev–Trinajstić information content (AvgIpc) is 2.70. The fourth-order valence-electron chi connectivity index (χ4n) is 1.64. The van der Waals surface area contributed by atoms with E-state index in [0.29, 0.717) is 5.82 Å². The molecule has 0 radical (unpaired) electrons. The number of nitrogens with zero attached hydrogens (tertiary/aromatic N) is 3. The molecule has 0 spiro atoms. The van der Waals surface area contributed by atoms with Gasteiger partial charge in [-0.15, -0.1) is 10.2 Å². The third-order valence-electron chi connectivity index (χ3n) is 2.70. The Morgan fingerprint density at radius 2 is 1.95 bits per heavy atom. The summed E-state index contributed by atoms with van der Waals surface area (Å²) in [6, 6.07) is 8.33. The maximum absolute atomic E-state index is 11.0. The van der Waals surface area contributed by atoms with E-state index >= 15 is 0 Å². The summed E-state index contributed by atoms with van der Waals surface area (Å²) in [5, 5.41) is 8.77. The summed E-state index contributed by atoms with van der Waals surface area (Å²) in [6.07, 6.45) is 0. The topological polar surface area (TPSA) is 73.8 Å². The molecule has 19 heavy (non-hydrogen) atoms. The summed E-state index contributed by atoms with van der Waals surface area (Å²) in [7, 11) is 0. The van der Waals surface area contributed by atoms with Gasteiger partial charge in [0.1, 0.15) is 12.4 Å². The Labute approximate surface area is 116 Å². The molecule has 100 valence electrons. The Morgan fingerprint density at radius 3 is 2.58 bits per heavy atom. The number of hydrogen-bond donors (Lipinski definition) is 1. The van der Waals surface area contributed by atoms with Crippen LogP contribution in [0.2, 0.25) is 0 Å². The minimum Gasteiger partial charge on any atom is -0.368 e. The third kappa shape index (κ3) is 3.57. The highest BCUT2D eigenvalue weighted by atomic mass is 32.2. The van der Waals surface area contributed by atoms with Crippen molar-refractivity contribution in [1.82, 2.24) is 14.8 Å². The second-order valence-corrected chi connectivity index (χ2v) is 5.30. The number of benzene rings is 1. The molecule has 0 unspecified atom stereocenters. The number of carbonyl (C=O) groups is 1. The molecule has 0 atom stereocenters. The summed E-state index contributed by atoms with van der Waals surface area (Å²) in [5.74, 6) is 1.10. The highest BCUT2D eigenvalue weighted by Gasteiger charge is 2.11. The van der Waals surface area contributed by atoms with Crippen LogP contribution in [0.15, 0.2) is 29.4 Å². The van der Waals surface area contributed by atoms with Crippen LogP contribution in [-0.4, -0.2) is 20.7 Å². The van der Waals surface area contributed by atoms with Crippen molar-refractivity contribution < 1.29 is 4.79 Å². The van der Waals surface area contributed by atoms with E-state index in [-0.39, 0.29) is 12.5 Å². The quantitative estimate of drug-likeness (QED) is 0.843. The highest BCUT2D eigenvalue weighted by molar-refractivity contribution is 7.98. The standard InChI is InChI=1S/C13H16N4OS/c1-9-3-5-11(6-4-9)8-19-13-16-15-10(2)17(13)7-12(14)18/h3-6H,7-8H2,1-2H3,(H2,14,18). The van der Waals surface area contributed by atoms with Gasteiger partial charge in [0.2, 0.25) is 5.91 Å². The van der Waals surface area contributed by atoms with E-state index in [1.165, 1.54) is 11.1 Å². The van der Waals surface area contributed by atoms with Crippen molar-refractivity contribution in [3.63, 3.8) is 0 Å². The van der Waals surface area contributed by atoms with Crippen molar-refractivity contribution in [2.75, 3.05) is 0 Å². The predicted octanol–water partition coefficient (Wildman–Crippen LogP) is 1.67. The Balaban J connectivity index is 2.07. The molecule has 0 aliphatic carbocycles. The highest BCUT2D eigenvalue weighted by Crippen LogP contribution is 2.21. The molecule has 5 nitrogen and oxygen atoms in total. The summed E-state index contributed by atoms with van der Waals surface area (Å²) < 4.78 is 1.74. The zero-order valence-electron chi connectivity index (χ0n) is 11.0. The van der Waals surface area contributed by atoms with Gasteiger partial charge in [0.15, 0.2) is 5.16 Å². The van der Waals surface area contributed by atoms with Crippen molar-refractivity contribution in [2.45, 2.75) is 31.3 Å². The first-order valence-corrected chi connectivity index (χ1v) is 6.91. The fourth-order valence-corrected chi connectivity index (χ4v) is 2.58. The molecule has 2 N–H and O–H groups in total. The fraction of sp³-hybridized carbons (Fsp3) is 0.308. The van der Waals surface area contributed by atoms with Crippen LogP contribution in [0.25, 0.3) is 0 Å². The van der Waals surface area contributed by atoms with Crippen LogP contribution in [0.1, 0.15) is 17.0 Å². The van der Waals surface area contributed by atoms with Gasteiger partial charge in [0.05, 0.1) is 0 Å². The molecule has 1 aromatic heterocycles. The molecule has 1 heterocycles. The lowest BCUT2D eigenvalue weighted by Gasteiger charge is -2.06. The SMILES string of the molecule is Cc1ccc(CSc2nnc(C)n2CC(N)=O)cc1. The summed E-state index contributed by atoms with van der Waals surface area (Å²) in [5.41, 5.74) is 7.67. The molecule has 1 aromatic carbocycles. The summed E-state index contributed by atoms with van der Waals surface area (Å²) in [6.45, 7) is 3.99. The average molecular weight is 276 g/mol. The molecule has 0 saturated heterocycles. The van der Waals surface area contributed by atoms with E-state index in [1.54, 1.807) is 16.3 Å². The molecule has 0 bridgehead atoms. The van der Waals surface area contributed by atoms with Crippen molar-refractivity contribution >= 4 is 17.7 Å². The number of primary amides is 1. The molecule has 2 rings (SSSR count). The number of amides is 1. The lowest BCUT2D eigenvalue weighted by molar-refractivity contribution is -0.118. The minimum atomic E-state index is -0.389. The van der Waals surface area contributed by atoms with Gasteiger partial charge in [-0.1, -0.05) is 41.6 Å². The van der Waals surface area contributed by atoms with E-state index < -0.39 is 0 Å². The smallest absolute Gasteiger partial charge is 0.237 e. The van der Waals surface area contributed by atoms with Crippen LogP contribution in [0, 0.1) is 13.8 Å². The number of nitrogens with two attached hydrogens (primary N) is 1. The normalized spacial score (nSPS) is 10.6. The largest absolute Gasteiger partial charge is 0.368 e. The number of aryl methyl sites for hydroxylation is 2.